The molecule has 0 saturated heterocycles. The highest BCUT2D eigenvalue weighted by atomic mass is 32.2. The van der Waals surface area contributed by atoms with Crippen LogP contribution in [0.5, 0.6) is 0 Å². The Balaban J connectivity index is 1.52. The van der Waals surface area contributed by atoms with Crippen LogP contribution >= 0.6 is 0 Å². The lowest BCUT2D eigenvalue weighted by molar-refractivity contribution is 0.0967. The van der Waals surface area contributed by atoms with Gasteiger partial charge in [0.05, 0.1) is 5.75 Å². The van der Waals surface area contributed by atoms with E-state index in [0.717, 1.165) is 24.8 Å². The standard InChI is InChI=1S/C19H21NO3S/c21-19(16-8-9-16)17-10-12-18(13-11-17)20-24(22,23)14-4-7-15-5-2-1-3-6-15/h1-3,5-6,10-13,16,20H,4,7-9,14H2. The third kappa shape index (κ3) is 4.68. The van der Waals surface area contributed by atoms with Gasteiger partial charge in [0.1, 0.15) is 0 Å². The number of carbonyl (C=O) groups excluding carboxylic acids is 1. The number of hydrogen-bond donors (Lipinski definition) is 1. The van der Waals surface area contributed by atoms with Crippen molar-refractivity contribution in [2.45, 2.75) is 25.7 Å². The van der Waals surface area contributed by atoms with Crippen molar-refractivity contribution in [2.75, 3.05) is 10.5 Å². The van der Waals surface area contributed by atoms with Crippen LogP contribution in [0.2, 0.25) is 0 Å². The molecule has 1 aliphatic rings. The van der Waals surface area contributed by atoms with E-state index < -0.39 is 10.0 Å². The average Bonchev–Trinajstić information content (AvgIpc) is 3.40. The minimum Gasteiger partial charge on any atom is -0.294 e. The molecule has 0 heterocycles. The summed E-state index contributed by atoms with van der Waals surface area (Å²) < 4.78 is 26.9. The lowest BCUT2D eigenvalue weighted by atomic mass is 10.1. The van der Waals surface area contributed by atoms with E-state index >= 15 is 0 Å². The molecule has 1 saturated carbocycles. The predicted molar refractivity (Wildman–Crippen MR) is 95.7 cm³/mol. The molecule has 1 aliphatic carbocycles. The Morgan fingerprint density at radius 2 is 1.67 bits per heavy atom. The highest BCUT2D eigenvalue weighted by Crippen LogP contribution is 2.32. The normalized spacial score (nSPS) is 14.3. The molecule has 4 nitrogen and oxygen atoms in total. The number of aryl methyl sites for hydroxylation is 1. The first kappa shape index (κ1) is 16.7. The summed E-state index contributed by atoms with van der Waals surface area (Å²) in [5, 5.41) is 0. The number of rotatable bonds is 8. The van der Waals surface area contributed by atoms with Crippen molar-refractivity contribution < 1.29 is 13.2 Å². The van der Waals surface area contributed by atoms with Crippen molar-refractivity contribution in [3.63, 3.8) is 0 Å². The zero-order valence-electron chi connectivity index (χ0n) is 13.4. The van der Waals surface area contributed by atoms with Crippen LogP contribution in [-0.4, -0.2) is 20.0 Å². The number of anilines is 1. The average molecular weight is 343 g/mol. The van der Waals surface area contributed by atoms with Gasteiger partial charge in [-0.3, -0.25) is 9.52 Å². The van der Waals surface area contributed by atoms with Gasteiger partial charge >= 0.3 is 0 Å². The molecule has 0 aliphatic heterocycles. The number of hydrogen-bond acceptors (Lipinski definition) is 3. The van der Waals surface area contributed by atoms with Crippen molar-refractivity contribution in [3.05, 3.63) is 65.7 Å². The Labute approximate surface area is 143 Å². The van der Waals surface area contributed by atoms with Gasteiger partial charge in [0.25, 0.3) is 0 Å². The van der Waals surface area contributed by atoms with Gasteiger partial charge in [0.15, 0.2) is 5.78 Å². The molecule has 5 heteroatoms. The predicted octanol–water partition coefficient (Wildman–Crippen LogP) is 3.65. The molecular weight excluding hydrogens is 322 g/mol. The second kappa shape index (κ2) is 7.18. The lowest BCUT2D eigenvalue weighted by Crippen LogP contribution is -2.17. The van der Waals surface area contributed by atoms with Crippen LogP contribution in [0.3, 0.4) is 0 Å². The Morgan fingerprint density at radius 3 is 2.29 bits per heavy atom. The van der Waals surface area contributed by atoms with Crippen molar-refractivity contribution in [1.82, 2.24) is 0 Å². The number of carbonyl (C=O) groups is 1. The Kier molecular flexibility index (Phi) is 5.00. The first-order valence-electron chi connectivity index (χ1n) is 8.22. The molecule has 0 amide bonds. The van der Waals surface area contributed by atoms with Gasteiger partial charge in [-0.15, -0.1) is 0 Å². The summed E-state index contributed by atoms with van der Waals surface area (Å²) in [6.07, 6.45) is 3.23. The summed E-state index contributed by atoms with van der Waals surface area (Å²) in [7, 11) is -3.38. The van der Waals surface area contributed by atoms with E-state index in [4.69, 9.17) is 0 Å². The van der Waals surface area contributed by atoms with Crippen LogP contribution in [0.1, 0.15) is 35.2 Å². The fourth-order valence-electron chi connectivity index (χ4n) is 2.63. The lowest BCUT2D eigenvalue weighted by Gasteiger charge is -2.09. The molecule has 3 rings (SSSR count). The van der Waals surface area contributed by atoms with Crippen molar-refractivity contribution in [2.24, 2.45) is 5.92 Å². The molecule has 2 aromatic carbocycles. The second-order valence-corrected chi connectivity index (χ2v) is 8.07. The third-order valence-corrected chi connectivity index (χ3v) is 5.49. The first-order valence-corrected chi connectivity index (χ1v) is 9.87. The van der Waals surface area contributed by atoms with Gasteiger partial charge < -0.3 is 0 Å². The molecule has 0 bridgehead atoms. The zero-order valence-corrected chi connectivity index (χ0v) is 14.3. The van der Waals surface area contributed by atoms with E-state index in [1.165, 1.54) is 0 Å². The van der Waals surface area contributed by atoms with Crippen LogP contribution in [-0.2, 0) is 16.4 Å². The summed E-state index contributed by atoms with van der Waals surface area (Å²) in [5.74, 6) is 0.405. The topological polar surface area (TPSA) is 63.2 Å². The Hall–Kier alpha value is -2.14. The fraction of sp³-hybridized carbons (Fsp3) is 0.316. The molecule has 0 unspecified atom stereocenters. The highest BCUT2D eigenvalue weighted by Gasteiger charge is 2.30. The SMILES string of the molecule is O=C(c1ccc(NS(=O)(=O)CCCc2ccccc2)cc1)C1CC1. The first-order chi connectivity index (χ1) is 11.5. The molecule has 1 fully saturated rings. The Bertz CT molecular complexity index is 794. The van der Waals surface area contributed by atoms with E-state index in [9.17, 15) is 13.2 Å². The fourth-order valence-corrected chi connectivity index (χ4v) is 3.75. The summed E-state index contributed by atoms with van der Waals surface area (Å²) in [5.41, 5.74) is 2.29. The molecule has 0 spiro atoms. The number of sulfonamides is 1. The highest BCUT2D eigenvalue weighted by molar-refractivity contribution is 7.92. The van der Waals surface area contributed by atoms with Crippen molar-refractivity contribution in [1.29, 1.82) is 0 Å². The van der Waals surface area contributed by atoms with Gasteiger partial charge in [-0.1, -0.05) is 30.3 Å². The van der Waals surface area contributed by atoms with Gasteiger partial charge in [-0.25, -0.2) is 8.42 Å². The minimum absolute atomic E-state index is 0.0741. The van der Waals surface area contributed by atoms with Crippen molar-refractivity contribution >= 4 is 21.5 Å². The number of ketones is 1. The number of Topliss-reactive ketones (excluding diaryl/α,β-unsaturated/α-hetero) is 1. The van der Waals surface area contributed by atoms with Crippen LogP contribution < -0.4 is 4.72 Å². The van der Waals surface area contributed by atoms with Gasteiger partial charge in [-0.2, -0.15) is 0 Å². The van der Waals surface area contributed by atoms with Crippen molar-refractivity contribution in [3.8, 4) is 0 Å². The molecule has 2 aromatic rings. The van der Waals surface area contributed by atoms with Crippen LogP contribution in [0.25, 0.3) is 0 Å². The smallest absolute Gasteiger partial charge is 0.232 e. The number of nitrogens with one attached hydrogen (secondary N) is 1. The maximum absolute atomic E-state index is 12.1. The third-order valence-electron chi connectivity index (χ3n) is 4.11. The monoisotopic (exact) mass is 343 g/mol. The molecule has 24 heavy (non-hydrogen) atoms. The zero-order chi connectivity index (χ0) is 17.0. The van der Waals surface area contributed by atoms with Crippen LogP contribution in [0, 0.1) is 5.92 Å². The van der Waals surface area contributed by atoms with Gasteiger partial charge in [0.2, 0.25) is 10.0 Å². The van der Waals surface area contributed by atoms with E-state index in [-0.39, 0.29) is 17.5 Å². The van der Waals surface area contributed by atoms with Gasteiger partial charge in [-0.05, 0) is 55.5 Å². The molecule has 0 radical (unpaired) electrons. The molecule has 126 valence electrons. The summed E-state index contributed by atoms with van der Waals surface area (Å²) in [6, 6.07) is 16.5. The van der Waals surface area contributed by atoms with Crippen LogP contribution in [0.4, 0.5) is 5.69 Å². The summed E-state index contributed by atoms with van der Waals surface area (Å²) in [4.78, 5) is 11.9. The maximum Gasteiger partial charge on any atom is 0.232 e. The van der Waals surface area contributed by atoms with E-state index in [2.05, 4.69) is 4.72 Å². The maximum atomic E-state index is 12.1. The molecule has 0 atom stereocenters. The van der Waals surface area contributed by atoms with E-state index in [1.807, 2.05) is 30.3 Å². The number of benzene rings is 2. The quantitative estimate of drug-likeness (QED) is 0.744. The van der Waals surface area contributed by atoms with Gasteiger partial charge in [0, 0.05) is 17.2 Å². The summed E-state index contributed by atoms with van der Waals surface area (Å²) >= 11 is 0. The second-order valence-electron chi connectivity index (χ2n) is 6.23. The minimum atomic E-state index is -3.38. The van der Waals surface area contributed by atoms with E-state index in [0.29, 0.717) is 17.7 Å². The Morgan fingerprint density at radius 1 is 1.00 bits per heavy atom. The summed E-state index contributed by atoms with van der Waals surface area (Å²) in [6.45, 7) is 0. The molecule has 1 N–H and O–H groups in total. The largest absolute Gasteiger partial charge is 0.294 e. The van der Waals surface area contributed by atoms with Crippen LogP contribution in [0.15, 0.2) is 54.6 Å². The van der Waals surface area contributed by atoms with E-state index in [1.54, 1.807) is 24.3 Å². The molecular formula is C19H21NO3S. The molecule has 0 aromatic heterocycles.